The highest BCUT2D eigenvalue weighted by Crippen LogP contribution is 2.22. The number of carbonyl (C=O) groups excluding carboxylic acids is 3. The van der Waals surface area contributed by atoms with E-state index in [1.807, 2.05) is 12.1 Å². The maximum Gasteiger partial charge on any atom is 0.417 e. The van der Waals surface area contributed by atoms with Gasteiger partial charge in [-0.15, -0.1) is 0 Å². The standard InChI is InChI=1S/C15H15NO4/c17-13(8-16-14(18)9-20-15(16)19)12-6-5-10-3-1-2-4-11(10)7-12/h5-7H,1-4,8-9H2. The average molecular weight is 273 g/mol. The van der Waals surface area contributed by atoms with E-state index >= 15 is 0 Å². The minimum absolute atomic E-state index is 0.231. The molecule has 0 N–H and O–H groups in total. The van der Waals surface area contributed by atoms with Crippen LogP contribution in [0.3, 0.4) is 0 Å². The van der Waals surface area contributed by atoms with Crippen LogP contribution in [0.25, 0.3) is 0 Å². The van der Waals surface area contributed by atoms with Crippen molar-refractivity contribution in [2.45, 2.75) is 25.7 Å². The van der Waals surface area contributed by atoms with Gasteiger partial charge in [0.2, 0.25) is 0 Å². The third-order valence-electron chi connectivity index (χ3n) is 3.81. The average Bonchev–Trinajstić information content (AvgIpc) is 2.78. The first kappa shape index (κ1) is 12.8. The zero-order chi connectivity index (χ0) is 14.1. The number of hydrogen-bond donors (Lipinski definition) is 0. The number of ketones is 1. The molecule has 5 heteroatoms. The maximum absolute atomic E-state index is 12.2. The van der Waals surface area contributed by atoms with Gasteiger partial charge in [0.25, 0.3) is 5.91 Å². The molecule has 1 aliphatic carbocycles. The fourth-order valence-corrected chi connectivity index (χ4v) is 2.68. The largest absolute Gasteiger partial charge is 0.439 e. The molecule has 0 aromatic heterocycles. The first-order valence-corrected chi connectivity index (χ1v) is 6.77. The molecule has 1 aliphatic heterocycles. The van der Waals surface area contributed by atoms with Gasteiger partial charge in [-0.2, -0.15) is 0 Å². The number of carbonyl (C=O) groups is 3. The highest BCUT2D eigenvalue weighted by molar-refractivity contribution is 6.05. The van der Waals surface area contributed by atoms with Crippen molar-refractivity contribution in [1.29, 1.82) is 0 Å². The highest BCUT2D eigenvalue weighted by Gasteiger charge is 2.32. The fraction of sp³-hybridized carbons (Fsp3) is 0.400. The van der Waals surface area contributed by atoms with E-state index in [2.05, 4.69) is 4.74 Å². The Balaban J connectivity index is 1.77. The van der Waals surface area contributed by atoms with Crippen LogP contribution in [0, 0.1) is 0 Å². The van der Waals surface area contributed by atoms with Gasteiger partial charge in [0, 0.05) is 5.56 Å². The van der Waals surface area contributed by atoms with Gasteiger partial charge in [0.1, 0.15) is 0 Å². The van der Waals surface area contributed by atoms with Crippen LogP contribution in [-0.4, -0.2) is 35.8 Å². The van der Waals surface area contributed by atoms with Crippen LogP contribution in [0.4, 0.5) is 4.79 Å². The van der Waals surface area contributed by atoms with E-state index < -0.39 is 12.0 Å². The lowest BCUT2D eigenvalue weighted by molar-refractivity contribution is -0.125. The van der Waals surface area contributed by atoms with Gasteiger partial charge < -0.3 is 4.74 Å². The summed E-state index contributed by atoms with van der Waals surface area (Å²) in [6.07, 6.45) is 3.64. The van der Waals surface area contributed by atoms with E-state index in [0.717, 1.165) is 24.2 Å². The van der Waals surface area contributed by atoms with Crippen molar-refractivity contribution in [3.8, 4) is 0 Å². The molecular weight excluding hydrogens is 258 g/mol. The smallest absolute Gasteiger partial charge is 0.417 e. The lowest BCUT2D eigenvalue weighted by Gasteiger charge is -2.17. The number of hydrogen-bond acceptors (Lipinski definition) is 4. The van der Waals surface area contributed by atoms with Crippen molar-refractivity contribution in [1.82, 2.24) is 4.90 Å². The number of Topliss-reactive ketones (excluding diaryl/α,β-unsaturated/α-hetero) is 1. The molecule has 1 aromatic rings. The first-order valence-electron chi connectivity index (χ1n) is 6.77. The number of amides is 2. The third-order valence-corrected chi connectivity index (χ3v) is 3.81. The number of benzene rings is 1. The van der Waals surface area contributed by atoms with E-state index in [4.69, 9.17) is 0 Å². The van der Waals surface area contributed by atoms with Gasteiger partial charge in [-0.25, -0.2) is 9.69 Å². The van der Waals surface area contributed by atoms with Crippen LogP contribution in [-0.2, 0) is 22.4 Å². The van der Waals surface area contributed by atoms with Crippen LogP contribution in [0.2, 0.25) is 0 Å². The van der Waals surface area contributed by atoms with Crippen molar-refractivity contribution in [2.75, 3.05) is 13.2 Å². The number of cyclic esters (lactones) is 1. The predicted octanol–water partition coefficient (Wildman–Crippen LogP) is 1.73. The molecule has 2 aliphatic rings. The molecule has 1 aromatic carbocycles. The fourth-order valence-electron chi connectivity index (χ4n) is 2.68. The van der Waals surface area contributed by atoms with E-state index in [-0.39, 0.29) is 18.9 Å². The van der Waals surface area contributed by atoms with Gasteiger partial charge in [0.15, 0.2) is 12.4 Å². The molecule has 1 heterocycles. The summed E-state index contributed by atoms with van der Waals surface area (Å²) in [6, 6.07) is 5.65. The highest BCUT2D eigenvalue weighted by atomic mass is 16.6. The Morgan fingerprint density at radius 2 is 1.90 bits per heavy atom. The van der Waals surface area contributed by atoms with Crippen molar-refractivity contribution in [2.24, 2.45) is 0 Å². The SMILES string of the molecule is O=C(CN1C(=O)COC1=O)c1ccc2c(c1)CCCC2. The second-order valence-corrected chi connectivity index (χ2v) is 5.15. The van der Waals surface area contributed by atoms with Gasteiger partial charge >= 0.3 is 6.09 Å². The predicted molar refractivity (Wildman–Crippen MR) is 70.5 cm³/mol. The second kappa shape index (κ2) is 5.07. The molecule has 104 valence electrons. The molecule has 0 atom stereocenters. The molecule has 0 radical (unpaired) electrons. The molecule has 1 fully saturated rings. The second-order valence-electron chi connectivity index (χ2n) is 5.15. The Hall–Kier alpha value is -2.17. The molecule has 2 amide bonds. The quantitative estimate of drug-likeness (QED) is 0.787. The zero-order valence-electron chi connectivity index (χ0n) is 11.1. The van der Waals surface area contributed by atoms with Crippen molar-refractivity contribution >= 4 is 17.8 Å². The Morgan fingerprint density at radius 3 is 2.60 bits per heavy atom. The molecule has 20 heavy (non-hydrogen) atoms. The summed E-state index contributed by atoms with van der Waals surface area (Å²) in [5, 5.41) is 0. The Morgan fingerprint density at radius 1 is 1.15 bits per heavy atom. The van der Waals surface area contributed by atoms with E-state index in [0.29, 0.717) is 5.56 Å². The van der Waals surface area contributed by atoms with Crippen LogP contribution in [0.1, 0.15) is 34.3 Å². The number of ether oxygens (including phenoxy) is 1. The molecule has 1 saturated heterocycles. The lowest BCUT2D eigenvalue weighted by atomic mass is 9.90. The number of aryl methyl sites for hydroxylation is 2. The topological polar surface area (TPSA) is 63.7 Å². The van der Waals surface area contributed by atoms with E-state index in [1.54, 1.807) is 6.07 Å². The number of rotatable bonds is 3. The maximum atomic E-state index is 12.2. The van der Waals surface area contributed by atoms with Crippen molar-refractivity contribution < 1.29 is 19.1 Å². The molecule has 0 saturated carbocycles. The molecule has 0 spiro atoms. The summed E-state index contributed by atoms with van der Waals surface area (Å²) < 4.78 is 4.59. The Bertz CT molecular complexity index is 578. The first-order chi connectivity index (χ1) is 9.65. The normalized spacial score (nSPS) is 17.9. The molecular formula is C15H15NO4. The van der Waals surface area contributed by atoms with Crippen LogP contribution < -0.4 is 0 Å². The summed E-state index contributed by atoms with van der Waals surface area (Å²) in [5.74, 6) is -0.688. The summed E-state index contributed by atoms with van der Waals surface area (Å²) in [4.78, 5) is 35.8. The van der Waals surface area contributed by atoms with Gasteiger partial charge in [-0.1, -0.05) is 12.1 Å². The van der Waals surface area contributed by atoms with Gasteiger partial charge in [-0.3, -0.25) is 9.59 Å². The minimum Gasteiger partial charge on any atom is -0.439 e. The third kappa shape index (κ3) is 2.31. The number of fused-ring (bicyclic) bond motifs is 1. The monoisotopic (exact) mass is 273 g/mol. The van der Waals surface area contributed by atoms with Crippen LogP contribution in [0.5, 0.6) is 0 Å². The van der Waals surface area contributed by atoms with E-state index in [1.165, 1.54) is 17.5 Å². The van der Waals surface area contributed by atoms with Crippen LogP contribution >= 0.6 is 0 Å². The summed E-state index contributed by atoms with van der Waals surface area (Å²) in [7, 11) is 0. The number of nitrogens with zero attached hydrogens (tertiary/aromatic N) is 1. The molecule has 5 nitrogen and oxygen atoms in total. The number of imide groups is 1. The van der Waals surface area contributed by atoms with Gasteiger partial charge in [0.05, 0.1) is 6.54 Å². The summed E-state index contributed by atoms with van der Waals surface area (Å²) in [6.45, 7) is -0.507. The molecule has 0 unspecified atom stereocenters. The Labute approximate surface area is 116 Å². The van der Waals surface area contributed by atoms with E-state index in [9.17, 15) is 14.4 Å². The Kier molecular flexibility index (Phi) is 3.26. The van der Waals surface area contributed by atoms with Crippen molar-refractivity contribution in [3.05, 3.63) is 34.9 Å². The lowest BCUT2D eigenvalue weighted by Crippen LogP contribution is -2.34. The van der Waals surface area contributed by atoms with Crippen LogP contribution in [0.15, 0.2) is 18.2 Å². The van der Waals surface area contributed by atoms with Crippen molar-refractivity contribution in [3.63, 3.8) is 0 Å². The minimum atomic E-state index is -0.735. The van der Waals surface area contributed by atoms with Gasteiger partial charge in [-0.05, 0) is 42.9 Å². The summed E-state index contributed by atoms with van der Waals surface area (Å²) >= 11 is 0. The molecule has 3 rings (SSSR count). The summed E-state index contributed by atoms with van der Waals surface area (Å²) in [5.41, 5.74) is 3.06. The zero-order valence-corrected chi connectivity index (χ0v) is 11.1. The molecule has 0 bridgehead atoms.